The van der Waals surface area contributed by atoms with Crippen molar-refractivity contribution >= 4 is 11.0 Å². The van der Waals surface area contributed by atoms with Gasteiger partial charge in [0.2, 0.25) is 0 Å². The first-order chi connectivity index (χ1) is 10.8. The summed E-state index contributed by atoms with van der Waals surface area (Å²) in [6.45, 7) is 1.57. The van der Waals surface area contributed by atoms with Crippen LogP contribution in [0.2, 0.25) is 0 Å². The van der Waals surface area contributed by atoms with Crippen LogP contribution in [0, 0.1) is 11.3 Å². The zero-order valence-corrected chi connectivity index (χ0v) is 11.7. The quantitative estimate of drug-likeness (QED) is 0.723. The van der Waals surface area contributed by atoms with Crippen molar-refractivity contribution in [3.05, 3.63) is 47.5 Å². The van der Waals surface area contributed by atoms with Crippen molar-refractivity contribution in [3.8, 4) is 17.6 Å². The van der Waals surface area contributed by atoms with Crippen LogP contribution in [0.3, 0.4) is 0 Å². The van der Waals surface area contributed by atoms with E-state index in [1.165, 1.54) is 0 Å². The maximum absolute atomic E-state index is 9.19. The van der Waals surface area contributed by atoms with Crippen LogP contribution >= 0.6 is 0 Å². The molecule has 0 amide bonds. The van der Waals surface area contributed by atoms with Crippen LogP contribution < -0.4 is 9.47 Å². The average molecular weight is 292 g/mol. The predicted octanol–water partition coefficient (Wildman–Crippen LogP) is 2.12. The van der Waals surface area contributed by atoms with E-state index >= 15 is 0 Å². The summed E-state index contributed by atoms with van der Waals surface area (Å²) in [6, 6.07) is 13.4. The summed E-state index contributed by atoms with van der Waals surface area (Å²) in [5.41, 5.74) is 3.16. The number of nitriles is 1. The van der Waals surface area contributed by atoms with Gasteiger partial charge in [0.25, 0.3) is 0 Å². The molecule has 1 aliphatic heterocycles. The molecule has 22 heavy (non-hydrogen) atoms. The lowest BCUT2D eigenvalue weighted by atomic mass is 10.1. The van der Waals surface area contributed by atoms with Crippen molar-refractivity contribution < 1.29 is 9.47 Å². The number of hydrogen-bond donors (Lipinski definition) is 0. The van der Waals surface area contributed by atoms with Gasteiger partial charge in [0, 0.05) is 12.1 Å². The van der Waals surface area contributed by atoms with E-state index in [0.717, 1.165) is 16.6 Å². The molecule has 108 valence electrons. The van der Waals surface area contributed by atoms with Gasteiger partial charge in [0.1, 0.15) is 18.7 Å². The Morgan fingerprint density at radius 2 is 1.91 bits per heavy atom. The summed E-state index contributed by atoms with van der Waals surface area (Å²) in [4.78, 5) is 0. The second-order valence-corrected chi connectivity index (χ2v) is 5.00. The summed E-state index contributed by atoms with van der Waals surface area (Å²) in [6.07, 6.45) is 0. The molecule has 6 heteroatoms. The molecular weight excluding hydrogens is 280 g/mol. The van der Waals surface area contributed by atoms with Gasteiger partial charge in [0.05, 0.1) is 23.7 Å². The summed E-state index contributed by atoms with van der Waals surface area (Å²) >= 11 is 0. The Morgan fingerprint density at radius 3 is 2.73 bits per heavy atom. The Morgan fingerprint density at radius 1 is 1.14 bits per heavy atom. The first-order valence-electron chi connectivity index (χ1n) is 6.96. The van der Waals surface area contributed by atoms with Crippen molar-refractivity contribution in [2.24, 2.45) is 0 Å². The van der Waals surface area contributed by atoms with Crippen LogP contribution in [0.4, 0.5) is 0 Å². The predicted molar refractivity (Wildman–Crippen MR) is 78.8 cm³/mol. The lowest BCUT2D eigenvalue weighted by Gasteiger charge is -2.18. The van der Waals surface area contributed by atoms with Crippen LogP contribution in [0.15, 0.2) is 36.4 Å². The molecule has 0 fully saturated rings. The second kappa shape index (κ2) is 5.04. The van der Waals surface area contributed by atoms with E-state index in [1.54, 1.807) is 10.7 Å². The van der Waals surface area contributed by atoms with Crippen LogP contribution in [-0.4, -0.2) is 28.2 Å². The second-order valence-electron chi connectivity index (χ2n) is 5.00. The average Bonchev–Trinajstić information content (AvgIpc) is 2.95. The molecule has 0 radical (unpaired) electrons. The molecule has 1 aromatic heterocycles. The van der Waals surface area contributed by atoms with Crippen LogP contribution in [0.1, 0.15) is 11.1 Å². The minimum Gasteiger partial charge on any atom is -0.486 e. The molecule has 2 heterocycles. The molecule has 0 aliphatic carbocycles. The molecule has 4 rings (SSSR count). The van der Waals surface area contributed by atoms with Gasteiger partial charge in [-0.2, -0.15) is 5.26 Å². The summed E-state index contributed by atoms with van der Waals surface area (Å²) < 4.78 is 12.9. The van der Waals surface area contributed by atoms with E-state index in [0.29, 0.717) is 36.8 Å². The normalized spacial score (nSPS) is 13.0. The third kappa shape index (κ3) is 2.04. The van der Waals surface area contributed by atoms with E-state index in [4.69, 9.17) is 9.47 Å². The minimum absolute atomic E-state index is 0.486. The van der Waals surface area contributed by atoms with E-state index in [-0.39, 0.29) is 0 Å². The van der Waals surface area contributed by atoms with Gasteiger partial charge in [-0.05, 0) is 11.6 Å². The molecule has 0 bridgehead atoms. The molecular formula is C16H12N4O2. The number of rotatable bonds is 2. The highest BCUT2D eigenvalue weighted by atomic mass is 16.6. The smallest absolute Gasteiger partial charge is 0.163 e. The standard InChI is InChI=1S/C16H12N4O2/c17-9-11-3-1-2-4-12(11)10-20-14-8-16-15(21-5-6-22-16)7-13(14)18-19-20/h1-4,7-8H,5-6,10H2. The van der Waals surface area contributed by atoms with Crippen molar-refractivity contribution in [2.75, 3.05) is 13.2 Å². The number of hydrogen-bond acceptors (Lipinski definition) is 5. The first kappa shape index (κ1) is 12.7. The number of nitrogens with zero attached hydrogens (tertiary/aromatic N) is 4. The molecule has 0 N–H and O–H groups in total. The molecule has 3 aromatic rings. The summed E-state index contributed by atoms with van der Waals surface area (Å²) in [5.74, 6) is 1.40. The fourth-order valence-corrected chi connectivity index (χ4v) is 2.55. The Bertz CT molecular complexity index is 895. The molecule has 1 aliphatic rings. The van der Waals surface area contributed by atoms with Crippen molar-refractivity contribution in [1.29, 1.82) is 5.26 Å². The Kier molecular flexibility index (Phi) is 2.90. The molecule has 0 spiro atoms. The fraction of sp³-hybridized carbons (Fsp3) is 0.188. The van der Waals surface area contributed by atoms with E-state index < -0.39 is 0 Å². The molecule has 0 saturated heterocycles. The number of benzene rings is 2. The lowest BCUT2D eigenvalue weighted by molar-refractivity contribution is 0.172. The van der Waals surface area contributed by atoms with Gasteiger partial charge in [-0.1, -0.05) is 23.4 Å². The number of ether oxygens (including phenoxy) is 2. The SMILES string of the molecule is N#Cc1ccccc1Cn1nnc2cc3c(cc21)OCCO3. The van der Waals surface area contributed by atoms with Gasteiger partial charge in [0.15, 0.2) is 11.5 Å². The Balaban J connectivity index is 1.78. The summed E-state index contributed by atoms with van der Waals surface area (Å²) in [5, 5.41) is 17.5. The molecule has 0 unspecified atom stereocenters. The monoisotopic (exact) mass is 292 g/mol. The van der Waals surface area contributed by atoms with Crippen molar-refractivity contribution in [3.63, 3.8) is 0 Å². The number of aromatic nitrogens is 3. The zero-order valence-electron chi connectivity index (χ0n) is 11.7. The van der Waals surface area contributed by atoms with Gasteiger partial charge >= 0.3 is 0 Å². The highest BCUT2D eigenvalue weighted by Crippen LogP contribution is 2.33. The highest BCUT2D eigenvalue weighted by molar-refractivity contribution is 5.79. The molecule has 0 atom stereocenters. The lowest BCUT2D eigenvalue weighted by Crippen LogP contribution is -2.15. The van der Waals surface area contributed by atoms with E-state index in [9.17, 15) is 5.26 Å². The third-order valence-electron chi connectivity index (χ3n) is 3.64. The van der Waals surface area contributed by atoms with E-state index in [1.807, 2.05) is 30.3 Å². The minimum atomic E-state index is 0.486. The Hall–Kier alpha value is -3.07. The van der Waals surface area contributed by atoms with Crippen LogP contribution in [-0.2, 0) is 6.54 Å². The van der Waals surface area contributed by atoms with Gasteiger partial charge < -0.3 is 9.47 Å². The maximum Gasteiger partial charge on any atom is 0.163 e. The van der Waals surface area contributed by atoms with Gasteiger partial charge in [-0.3, -0.25) is 0 Å². The van der Waals surface area contributed by atoms with Crippen LogP contribution in [0.25, 0.3) is 11.0 Å². The van der Waals surface area contributed by atoms with Gasteiger partial charge in [-0.25, -0.2) is 4.68 Å². The molecule has 2 aromatic carbocycles. The molecule has 6 nitrogen and oxygen atoms in total. The van der Waals surface area contributed by atoms with E-state index in [2.05, 4.69) is 16.4 Å². The van der Waals surface area contributed by atoms with Crippen molar-refractivity contribution in [1.82, 2.24) is 15.0 Å². The highest BCUT2D eigenvalue weighted by Gasteiger charge is 2.16. The van der Waals surface area contributed by atoms with Crippen LogP contribution in [0.5, 0.6) is 11.5 Å². The zero-order chi connectivity index (χ0) is 14.9. The van der Waals surface area contributed by atoms with Gasteiger partial charge in [-0.15, -0.1) is 5.10 Å². The Labute approximate surface area is 126 Å². The maximum atomic E-state index is 9.19. The first-order valence-corrected chi connectivity index (χ1v) is 6.96. The van der Waals surface area contributed by atoms with Crippen molar-refractivity contribution in [2.45, 2.75) is 6.54 Å². The fourth-order valence-electron chi connectivity index (χ4n) is 2.55. The third-order valence-corrected chi connectivity index (χ3v) is 3.64. The molecule has 0 saturated carbocycles. The summed E-state index contributed by atoms with van der Waals surface area (Å²) in [7, 11) is 0. The number of fused-ring (bicyclic) bond motifs is 2. The topological polar surface area (TPSA) is 73.0 Å². The largest absolute Gasteiger partial charge is 0.486 e.